The number of amides is 1. The SMILES string of the molecule is CC1CN(C)C(C)CC1NOCC(N)=O. The van der Waals surface area contributed by atoms with Crippen LogP contribution in [-0.4, -0.2) is 43.1 Å². The van der Waals surface area contributed by atoms with Crippen LogP contribution in [0.15, 0.2) is 0 Å². The van der Waals surface area contributed by atoms with E-state index in [4.69, 9.17) is 10.6 Å². The average molecular weight is 215 g/mol. The van der Waals surface area contributed by atoms with Gasteiger partial charge in [-0.1, -0.05) is 6.92 Å². The summed E-state index contributed by atoms with van der Waals surface area (Å²) in [4.78, 5) is 17.9. The molecule has 0 aromatic heterocycles. The lowest BCUT2D eigenvalue weighted by molar-refractivity contribution is -0.127. The summed E-state index contributed by atoms with van der Waals surface area (Å²) in [5.41, 5.74) is 7.91. The highest BCUT2D eigenvalue weighted by molar-refractivity contribution is 5.74. The fraction of sp³-hybridized carbons (Fsp3) is 0.900. The van der Waals surface area contributed by atoms with Crippen LogP contribution >= 0.6 is 0 Å². The van der Waals surface area contributed by atoms with Crippen LogP contribution in [-0.2, 0) is 9.63 Å². The highest BCUT2D eigenvalue weighted by atomic mass is 16.6. The van der Waals surface area contributed by atoms with Crippen molar-refractivity contribution in [3.63, 3.8) is 0 Å². The molecule has 3 unspecified atom stereocenters. The molecule has 3 atom stereocenters. The molecule has 3 N–H and O–H groups in total. The summed E-state index contributed by atoms with van der Waals surface area (Å²) in [5.74, 6) is 0.0650. The van der Waals surface area contributed by atoms with E-state index in [0.717, 1.165) is 13.0 Å². The summed E-state index contributed by atoms with van der Waals surface area (Å²) in [6.45, 7) is 5.34. The van der Waals surface area contributed by atoms with E-state index in [1.54, 1.807) is 0 Å². The lowest BCUT2D eigenvalue weighted by Gasteiger charge is -2.39. The second kappa shape index (κ2) is 5.44. The van der Waals surface area contributed by atoms with Crippen LogP contribution in [0.2, 0.25) is 0 Å². The topological polar surface area (TPSA) is 67.6 Å². The summed E-state index contributed by atoms with van der Waals surface area (Å²) in [6, 6.07) is 0.839. The summed E-state index contributed by atoms with van der Waals surface area (Å²) in [7, 11) is 2.13. The Kier molecular flexibility index (Phi) is 4.50. The zero-order chi connectivity index (χ0) is 11.4. The van der Waals surface area contributed by atoms with E-state index in [9.17, 15) is 4.79 Å². The maximum Gasteiger partial charge on any atom is 0.245 e. The summed E-state index contributed by atoms with van der Waals surface area (Å²) >= 11 is 0. The summed E-state index contributed by atoms with van der Waals surface area (Å²) in [5, 5.41) is 0. The number of piperidine rings is 1. The maximum absolute atomic E-state index is 10.5. The summed E-state index contributed by atoms with van der Waals surface area (Å²) < 4.78 is 0. The number of nitrogens with two attached hydrogens (primary N) is 1. The number of hydroxylamine groups is 1. The predicted molar refractivity (Wildman–Crippen MR) is 57.9 cm³/mol. The van der Waals surface area contributed by atoms with Crippen LogP contribution in [0.5, 0.6) is 0 Å². The molecule has 1 fully saturated rings. The molecule has 5 nitrogen and oxygen atoms in total. The maximum atomic E-state index is 10.5. The molecule has 0 bridgehead atoms. The third kappa shape index (κ3) is 3.77. The van der Waals surface area contributed by atoms with Crippen molar-refractivity contribution in [1.29, 1.82) is 0 Å². The molecule has 1 rings (SSSR count). The minimum Gasteiger partial charge on any atom is -0.368 e. The zero-order valence-corrected chi connectivity index (χ0v) is 9.69. The van der Waals surface area contributed by atoms with Crippen LogP contribution in [0.25, 0.3) is 0 Å². The molecule has 1 amide bonds. The van der Waals surface area contributed by atoms with Gasteiger partial charge in [0, 0.05) is 18.6 Å². The number of primary amides is 1. The second-order valence-corrected chi connectivity index (χ2v) is 4.48. The Hall–Kier alpha value is -0.650. The Morgan fingerprint density at radius 3 is 2.87 bits per heavy atom. The molecule has 1 aliphatic rings. The van der Waals surface area contributed by atoms with Gasteiger partial charge in [0.05, 0.1) is 0 Å². The van der Waals surface area contributed by atoms with Gasteiger partial charge in [0.25, 0.3) is 0 Å². The van der Waals surface area contributed by atoms with Gasteiger partial charge < -0.3 is 10.6 Å². The number of nitrogens with zero attached hydrogens (tertiary/aromatic N) is 1. The minimum absolute atomic E-state index is 0.0621. The molecule has 0 spiro atoms. The van der Waals surface area contributed by atoms with Crippen LogP contribution in [0.3, 0.4) is 0 Å². The van der Waals surface area contributed by atoms with Gasteiger partial charge in [0.15, 0.2) is 0 Å². The quantitative estimate of drug-likeness (QED) is 0.633. The van der Waals surface area contributed by atoms with Gasteiger partial charge in [-0.3, -0.25) is 9.63 Å². The van der Waals surface area contributed by atoms with Gasteiger partial charge in [-0.05, 0) is 26.3 Å². The first kappa shape index (κ1) is 12.4. The lowest BCUT2D eigenvalue weighted by atomic mass is 9.90. The first-order chi connectivity index (χ1) is 7.00. The number of hydrogen-bond acceptors (Lipinski definition) is 4. The molecule has 1 saturated heterocycles. The van der Waals surface area contributed by atoms with Crippen molar-refractivity contribution >= 4 is 5.91 Å². The van der Waals surface area contributed by atoms with Gasteiger partial charge in [-0.25, -0.2) is 0 Å². The normalized spacial score (nSPS) is 32.9. The van der Waals surface area contributed by atoms with Gasteiger partial charge in [0.1, 0.15) is 6.61 Å². The van der Waals surface area contributed by atoms with Crippen molar-refractivity contribution in [3.05, 3.63) is 0 Å². The Labute approximate surface area is 90.9 Å². The van der Waals surface area contributed by atoms with Crippen molar-refractivity contribution in [2.24, 2.45) is 11.7 Å². The smallest absolute Gasteiger partial charge is 0.245 e. The Balaban J connectivity index is 2.31. The van der Waals surface area contributed by atoms with E-state index >= 15 is 0 Å². The van der Waals surface area contributed by atoms with Gasteiger partial charge in [-0.2, -0.15) is 5.48 Å². The van der Waals surface area contributed by atoms with Crippen molar-refractivity contribution in [2.75, 3.05) is 20.2 Å². The van der Waals surface area contributed by atoms with Gasteiger partial charge >= 0.3 is 0 Å². The molecular formula is C10H21N3O2. The molecule has 0 radical (unpaired) electrons. The monoisotopic (exact) mass is 215 g/mol. The van der Waals surface area contributed by atoms with Crippen molar-refractivity contribution < 1.29 is 9.63 Å². The van der Waals surface area contributed by atoms with E-state index in [1.165, 1.54) is 0 Å². The third-order valence-corrected chi connectivity index (χ3v) is 3.06. The number of likely N-dealkylation sites (tertiary alicyclic amines) is 1. The first-order valence-corrected chi connectivity index (χ1v) is 5.36. The van der Waals surface area contributed by atoms with E-state index < -0.39 is 5.91 Å². The van der Waals surface area contributed by atoms with Crippen molar-refractivity contribution in [3.8, 4) is 0 Å². The minimum atomic E-state index is -0.448. The fourth-order valence-electron chi connectivity index (χ4n) is 1.93. The average Bonchev–Trinajstić information content (AvgIpc) is 2.13. The van der Waals surface area contributed by atoms with E-state index in [-0.39, 0.29) is 6.61 Å². The molecule has 5 heteroatoms. The number of carbonyl (C=O) groups excluding carboxylic acids is 1. The molecule has 0 aromatic carbocycles. The molecule has 1 aliphatic heterocycles. The highest BCUT2D eigenvalue weighted by Crippen LogP contribution is 2.20. The number of rotatable bonds is 4. The Bertz CT molecular complexity index is 223. The van der Waals surface area contributed by atoms with Crippen LogP contribution in [0, 0.1) is 5.92 Å². The molecule has 0 saturated carbocycles. The Morgan fingerprint density at radius 2 is 2.27 bits per heavy atom. The first-order valence-electron chi connectivity index (χ1n) is 5.36. The summed E-state index contributed by atoms with van der Waals surface area (Å²) in [6.07, 6.45) is 1.02. The zero-order valence-electron chi connectivity index (χ0n) is 9.69. The molecule has 0 aromatic rings. The van der Waals surface area contributed by atoms with Crippen LogP contribution in [0.1, 0.15) is 20.3 Å². The van der Waals surface area contributed by atoms with E-state index in [1.807, 2.05) is 0 Å². The largest absolute Gasteiger partial charge is 0.368 e. The number of hydrogen-bond donors (Lipinski definition) is 2. The van der Waals surface area contributed by atoms with Crippen molar-refractivity contribution in [1.82, 2.24) is 10.4 Å². The second-order valence-electron chi connectivity index (χ2n) is 4.48. The van der Waals surface area contributed by atoms with Crippen LogP contribution in [0.4, 0.5) is 0 Å². The van der Waals surface area contributed by atoms with E-state index in [0.29, 0.717) is 18.0 Å². The van der Waals surface area contributed by atoms with Gasteiger partial charge in [0.2, 0.25) is 5.91 Å². The fourth-order valence-corrected chi connectivity index (χ4v) is 1.93. The number of nitrogens with one attached hydrogen (secondary N) is 1. The predicted octanol–water partition coefficient (Wildman–Crippen LogP) is -0.278. The molecular weight excluding hydrogens is 194 g/mol. The third-order valence-electron chi connectivity index (χ3n) is 3.06. The Morgan fingerprint density at radius 1 is 1.60 bits per heavy atom. The van der Waals surface area contributed by atoms with Crippen molar-refractivity contribution in [2.45, 2.75) is 32.4 Å². The molecule has 15 heavy (non-hydrogen) atoms. The molecule has 1 heterocycles. The number of carbonyl (C=O) groups is 1. The lowest BCUT2D eigenvalue weighted by Crippen LogP contribution is -2.51. The van der Waals surface area contributed by atoms with Crippen LogP contribution < -0.4 is 11.2 Å². The van der Waals surface area contributed by atoms with E-state index in [2.05, 4.69) is 31.3 Å². The molecule has 0 aliphatic carbocycles. The standard InChI is InChI=1S/C10H21N3O2/c1-7-5-13(3)8(2)4-9(7)12-15-6-10(11)14/h7-9,12H,4-6H2,1-3H3,(H2,11,14). The highest BCUT2D eigenvalue weighted by Gasteiger charge is 2.28. The van der Waals surface area contributed by atoms with Gasteiger partial charge in [-0.15, -0.1) is 0 Å². The molecule has 88 valence electrons.